The van der Waals surface area contributed by atoms with Crippen LogP contribution in [0, 0.1) is 0 Å². The molecule has 1 heterocycles. The minimum Gasteiger partial charge on any atom is -0.495 e. The summed E-state index contributed by atoms with van der Waals surface area (Å²) in [7, 11) is 1.66. The second kappa shape index (κ2) is 5.91. The van der Waals surface area contributed by atoms with E-state index >= 15 is 0 Å². The van der Waals surface area contributed by atoms with Crippen molar-refractivity contribution < 1.29 is 4.74 Å². The number of anilines is 1. The number of ether oxygens (including phenoxy) is 1. The van der Waals surface area contributed by atoms with Gasteiger partial charge in [0.2, 0.25) is 0 Å². The van der Waals surface area contributed by atoms with E-state index in [1.165, 1.54) is 18.5 Å². The Morgan fingerprint density at radius 3 is 2.83 bits per heavy atom. The molecule has 1 aliphatic heterocycles. The predicted molar refractivity (Wildman–Crippen MR) is 76.7 cm³/mol. The first-order valence-corrected chi connectivity index (χ1v) is 6.60. The number of nitrogen functional groups attached to an aromatic ring is 1. The molecule has 0 spiro atoms. The number of methoxy groups -OCH3 is 1. The highest BCUT2D eigenvalue weighted by Crippen LogP contribution is 2.32. The Hall–Kier alpha value is -1.48. The van der Waals surface area contributed by atoms with Crippen LogP contribution in [-0.4, -0.2) is 31.6 Å². The van der Waals surface area contributed by atoms with Crippen molar-refractivity contribution in [2.75, 3.05) is 32.5 Å². The van der Waals surface area contributed by atoms with E-state index in [2.05, 4.69) is 24.0 Å². The van der Waals surface area contributed by atoms with Crippen molar-refractivity contribution >= 4 is 11.3 Å². The van der Waals surface area contributed by atoms with Crippen LogP contribution in [0.2, 0.25) is 0 Å². The van der Waals surface area contributed by atoms with Gasteiger partial charge in [-0.15, -0.1) is 0 Å². The van der Waals surface area contributed by atoms with Gasteiger partial charge in [0, 0.05) is 18.7 Å². The Balaban J connectivity index is 2.18. The van der Waals surface area contributed by atoms with E-state index in [4.69, 9.17) is 10.5 Å². The van der Waals surface area contributed by atoms with E-state index in [-0.39, 0.29) is 0 Å². The molecule has 3 nitrogen and oxygen atoms in total. The van der Waals surface area contributed by atoms with Gasteiger partial charge in [0.15, 0.2) is 0 Å². The average molecular weight is 246 g/mol. The third kappa shape index (κ3) is 2.67. The summed E-state index contributed by atoms with van der Waals surface area (Å²) in [4.78, 5) is 2.47. The van der Waals surface area contributed by atoms with Crippen molar-refractivity contribution in [1.29, 1.82) is 0 Å². The zero-order valence-corrected chi connectivity index (χ0v) is 11.3. The van der Waals surface area contributed by atoms with Gasteiger partial charge in [-0.25, -0.2) is 0 Å². The van der Waals surface area contributed by atoms with Crippen LogP contribution in [0.4, 0.5) is 5.69 Å². The fourth-order valence-electron chi connectivity index (χ4n) is 2.48. The third-order valence-corrected chi connectivity index (χ3v) is 3.47. The molecular weight excluding hydrogens is 224 g/mol. The number of para-hydroxylation sites is 1. The lowest BCUT2D eigenvalue weighted by molar-refractivity contribution is 0.302. The molecule has 0 unspecified atom stereocenters. The van der Waals surface area contributed by atoms with Crippen molar-refractivity contribution in [3.8, 4) is 5.75 Å². The molecule has 18 heavy (non-hydrogen) atoms. The number of rotatable bonds is 4. The molecule has 0 aromatic heterocycles. The highest BCUT2D eigenvalue weighted by Gasteiger charge is 2.15. The number of nitrogens with two attached hydrogens (primary N) is 1. The molecule has 0 saturated carbocycles. The van der Waals surface area contributed by atoms with E-state index in [0.29, 0.717) is 0 Å². The maximum absolute atomic E-state index is 6.14. The molecule has 1 aliphatic rings. The summed E-state index contributed by atoms with van der Waals surface area (Å²) in [5.74, 6) is 0.768. The molecular formula is C15H22N2O. The molecule has 0 aliphatic carbocycles. The number of nitrogens with zero attached hydrogens (tertiary/aromatic N) is 1. The van der Waals surface area contributed by atoms with Gasteiger partial charge in [-0.05, 0) is 31.0 Å². The maximum atomic E-state index is 6.14. The van der Waals surface area contributed by atoms with E-state index in [1.807, 2.05) is 12.1 Å². The molecule has 98 valence electrons. The van der Waals surface area contributed by atoms with Gasteiger partial charge in [0.05, 0.1) is 12.8 Å². The third-order valence-electron chi connectivity index (χ3n) is 3.47. The smallest absolute Gasteiger partial charge is 0.142 e. The summed E-state index contributed by atoms with van der Waals surface area (Å²) in [6.45, 7) is 5.55. The highest BCUT2D eigenvalue weighted by atomic mass is 16.5. The zero-order chi connectivity index (χ0) is 13.0. The van der Waals surface area contributed by atoms with Gasteiger partial charge >= 0.3 is 0 Å². The average Bonchev–Trinajstić information content (AvgIpc) is 2.41. The maximum Gasteiger partial charge on any atom is 0.142 e. The van der Waals surface area contributed by atoms with Crippen LogP contribution in [0.1, 0.15) is 25.3 Å². The molecule has 2 N–H and O–H groups in total. The summed E-state index contributed by atoms with van der Waals surface area (Å²) in [5, 5.41) is 0. The van der Waals surface area contributed by atoms with Crippen molar-refractivity contribution in [2.24, 2.45) is 0 Å². The molecule has 0 bridgehead atoms. The van der Waals surface area contributed by atoms with Crippen molar-refractivity contribution in [2.45, 2.75) is 19.8 Å². The van der Waals surface area contributed by atoms with Crippen molar-refractivity contribution in [3.05, 3.63) is 29.8 Å². The van der Waals surface area contributed by atoms with Gasteiger partial charge in [-0.3, -0.25) is 4.90 Å². The molecule has 0 saturated heterocycles. The van der Waals surface area contributed by atoms with Gasteiger partial charge < -0.3 is 10.5 Å². The lowest BCUT2D eigenvalue weighted by Crippen LogP contribution is -2.29. The monoisotopic (exact) mass is 246 g/mol. The summed E-state index contributed by atoms with van der Waals surface area (Å²) < 4.78 is 5.27. The van der Waals surface area contributed by atoms with Crippen LogP contribution in [0.5, 0.6) is 5.75 Å². The lowest BCUT2D eigenvalue weighted by Gasteiger charge is -2.26. The fraction of sp³-hybridized carbons (Fsp3) is 0.467. The van der Waals surface area contributed by atoms with Gasteiger partial charge in [-0.1, -0.05) is 25.1 Å². The highest BCUT2D eigenvalue weighted by molar-refractivity contribution is 5.79. The number of hydrogen-bond donors (Lipinski definition) is 1. The first kappa shape index (κ1) is 13.0. The van der Waals surface area contributed by atoms with Gasteiger partial charge in [0.1, 0.15) is 5.75 Å². The lowest BCUT2D eigenvalue weighted by atomic mass is 9.97. The molecule has 0 atom stereocenters. The largest absolute Gasteiger partial charge is 0.495 e. The molecule has 0 amide bonds. The van der Waals surface area contributed by atoms with Crippen LogP contribution in [0.3, 0.4) is 0 Å². The first-order valence-electron chi connectivity index (χ1n) is 6.60. The molecule has 2 rings (SSSR count). The predicted octanol–water partition coefficient (Wildman–Crippen LogP) is 2.78. The van der Waals surface area contributed by atoms with E-state index in [1.54, 1.807) is 7.11 Å². The molecule has 0 radical (unpaired) electrons. The molecule has 0 fully saturated rings. The van der Waals surface area contributed by atoms with Crippen LogP contribution < -0.4 is 10.5 Å². The minimum absolute atomic E-state index is 0.759. The van der Waals surface area contributed by atoms with Gasteiger partial charge in [0.25, 0.3) is 0 Å². The zero-order valence-electron chi connectivity index (χ0n) is 11.3. The van der Waals surface area contributed by atoms with Crippen molar-refractivity contribution in [3.63, 3.8) is 0 Å². The quantitative estimate of drug-likeness (QED) is 0.830. The minimum atomic E-state index is 0.759. The SMILES string of the molecule is CCCN1CC=C(c2cccc(OC)c2N)CC1. The van der Waals surface area contributed by atoms with E-state index in [0.717, 1.165) is 36.5 Å². The Bertz CT molecular complexity index is 440. The van der Waals surface area contributed by atoms with Crippen LogP contribution in [0.15, 0.2) is 24.3 Å². The van der Waals surface area contributed by atoms with Crippen LogP contribution in [0.25, 0.3) is 5.57 Å². The summed E-state index contributed by atoms with van der Waals surface area (Å²) in [5.41, 5.74) is 9.37. The summed E-state index contributed by atoms with van der Waals surface area (Å²) in [6, 6.07) is 5.99. The molecule has 3 heteroatoms. The Labute approximate surface area is 109 Å². The van der Waals surface area contributed by atoms with Crippen LogP contribution >= 0.6 is 0 Å². The standard InChI is InChI=1S/C15H22N2O/c1-3-9-17-10-7-12(8-11-17)13-5-4-6-14(18-2)15(13)16/h4-7H,3,8-11,16H2,1-2H3. The Morgan fingerprint density at radius 2 is 2.22 bits per heavy atom. The number of benzene rings is 1. The molecule has 1 aromatic carbocycles. The Morgan fingerprint density at radius 1 is 1.39 bits per heavy atom. The van der Waals surface area contributed by atoms with Crippen molar-refractivity contribution in [1.82, 2.24) is 4.90 Å². The van der Waals surface area contributed by atoms with E-state index in [9.17, 15) is 0 Å². The first-order chi connectivity index (χ1) is 8.76. The topological polar surface area (TPSA) is 38.5 Å². The summed E-state index contributed by atoms with van der Waals surface area (Å²) in [6.07, 6.45) is 4.58. The second-order valence-electron chi connectivity index (χ2n) is 4.70. The van der Waals surface area contributed by atoms with Crippen LogP contribution in [-0.2, 0) is 0 Å². The molecule has 1 aromatic rings. The summed E-state index contributed by atoms with van der Waals surface area (Å²) >= 11 is 0. The fourth-order valence-corrected chi connectivity index (χ4v) is 2.48. The Kier molecular flexibility index (Phi) is 4.26. The normalized spacial score (nSPS) is 16.4. The number of hydrogen-bond acceptors (Lipinski definition) is 3. The van der Waals surface area contributed by atoms with E-state index < -0.39 is 0 Å². The van der Waals surface area contributed by atoms with Gasteiger partial charge in [-0.2, -0.15) is 0 Å². The second-order valence-corrected chi connectivity index (χ2v) is 4.70.